The number of sulfone groups is 1. The van der Waals surface area contributed by atoms with Crippen LogP contribution in [0, 0.1) is 0 Å². The fourth-order valence-electron chi connectivity index (χ4n) is 2.51. The Bertz CT molecular complexity index is 552. The Labute approximate surface area is 135 Å². The Balaban J connectivity index is 0.00000220. The van der Waals surface area contributed by atoms with Crippen molar-refractivity contribution >= 4 is 39.5 Å². The first kappa shape index (κ1) is 18.4. The summed E-state index contributed by atoms with van der Waals surface area (Å²) in [6.45, 7) is 1.60. The smallest absolute Gasteiger partial charge is 0.241 e. The molecule has 0 unspecified atom stereocenters. The first-order valence-corrected chi connectivity index (χ1v) is 9.44. The van der Waals surface area contributed by atoms with Gasteiger partial charge in [0.25, 0.3) is 0 Å². The van der Waals surface area contributed by atoms with Gasteiger partial charge in [-0.3, -0.25) is 4.79 Å². The first-order chi connectivity index (χ1) is 9.46. The van der Waals surface area contributed by atoms with E-state index in [1.165, 1.54) is 4.88 Å². The summed E-state index contributed by atoms with van der Waals surface area (Å²) >= 11 is 1.64. The molecule has 0 aromatic carbocycles. The molecule has 0 spiro atoms. The molecule has 120 valence electrons. The molecule has 8 heteroatoms. The fraction of sp³-hybridized carbons (Fsp3) is 0.615. The molecule has 2 rings (SSSR count). The molecule has 1 amide bonds. The van der Waals surface area contributed by atoms with E-state index in [0.717, 1.165) is 12.7 Å². The molecule has 0 saturated carbocycles. The van der Waals surface area contributed by atoms with Crippen LogP contribution in [0.1, 0.15) is 17.7 Å². The van der Waals surface area contributed by atoms with Crippen LogP contribution in [0.3, 0.4) is 0 Å². The average Bonchev–Trinajstić information content (AvgIpc) is 2.91. The highest BCUT2D eigenvalue weighted by atomic mass is 35.5. The van der Waals surface area contributed by atoms with Gasteiger partial charge in [0.05, 0.1) is 0 Å². The van der Waals surface area contributed by atoms with Gasteiger partial charge in [-0.25, -0.2) is 8.42 Å². The Morgan fingerprint density at radius 3 is 2.62 bits per heavy atom. The number of hydrogen-bond acceptors (Lipinski definition) is 5. The second-order valence-corrected chi connectivity index (χ2v) is 8.46. The van der Waals surface area contributed by atoms with Crippen LogP contribution in [0.25, 0.3) is 0 Å². The van der Waals surface area contributed by atoms with Crippen molar-refractivity contribution in [1.82, 2.24) is 10.6 Å². The molecule has 21 heavy (non-hydrogen) atoms. The van der Waals surface area contributed by atoms with E-state index < -0.39 is 14.6 Å². The van der Waals surface area contributed by atoms with Crippen LogP contribution < -0.4 is 10.6 Å². The lowest BCUT2D eigenvalue weighted by Gasteiger charge is -2.34. The van der Waals surface area contributed by atoms with Gasteiger partial charge < -0.3 is 10.6 Å². The van der Waals surface area contributed by atoms with E-state index in [-0.39, 0.29) is 18.3 Å². The molecule has 2 N–H and O–H groups in total. The number of thiophene rings is 1. The minimum absolute atomic E-state index is 0. The number of nitrogens with one attached hydrogen (secondary N) is 2. The van der Waals surface area contributed by atoms with Gasteiger partial charge in [-0.1, -0.05) is 6.07 Å². The predicted molar refractivity (Wildman–Crippen MR) is 88.0 cm³/mol. The highest BCUT2D eigenvalue weighted by Gasteiger charge is 2.48. The molecular formula is C13H21ClN2O3S2. The van der Waals surface area contributed by atoms with Gasteiger partial charge >= 0.3 is 0 Å². The van der Waals surface area contributed by atoms with Gasteiger partial charge in [-0.15, -0.1) is 23.7 Å². The van der Waals surface area contributed by atoms with E-state index >= 15 is 0 Å². The zero-order valence-corrected chi connectivity index (χ0v) is 14.4. The summed E-state index contributed by atoms with van der Waals surface area (Å²) in [6.07, 6.45) is 2.59. The van der Waals surface area contributed by atoms with Crippen LogP contribution in [0.2, 0.25) is 0 Å². The summed E-state index contributed by atoms with van der Waals surface area (Å²) < 4.78 is 22.9. The van der Waals surface area contributed by atoms with Crippen LogP contribution in [0.5, 0.6) is 0 Å². The lowest BCUT2D eigenvalue weighted by atomic mass is 9.96. The van der Waals surface area contributed by atoms with Crippen molar-refractivity contribution in [2.75, 3.05) is 25.9 Å². The molecular weight excluding hydrogens is 332 g/mol. The van der Waals surface area contributed by atoms with Crippen LogP contribution >= 0.6 is 23.7 Å². The number of carbonyl (C=O) groups excluding carboxylic acids is 1. The second-order valence-electron chi connectivity index (χ2n) is 5.10. The number of carbonyl (C=O) groups is 1. The second kappa shape index (κ2) is 7.58. The molecule has 5 nitrogen and oxygen atoms in total. The van der Waals surface area contributed by atoms with Gasteiger partial charge in [0.15, 0.2) is 14.6 Å². The molecule has 1 aliphatic rings. The lowest BCUT2D eigenvalue weighted by Crippen LogP contribution is -2.57. The summed E-state index contributed by atoms with van der Waals surface area (Å²) in [6, 6.07) is 3.97. The van der Waals surface area contributed by atoms with Crippen molar-refractivity contribution in [2.45, 2.75) is 24.0 Å². The lowest BCUT2D eigenvalue weighted by molar-refractivity contribution is -0.124. The Morgan fingerprint density at radius 1 is 1.43 bits per heavy atom. The average molecular weight is 353 g/mol. The largest absolute Gasteiger partial charge is 0.354 e. The summed E-state index contributed by atoms with van der Waals surface area (Å²) in [5.74, 6) is -0.349. The molecule has 0 aliphatic carbocycles. The summed E-state index contributed by atoms with van der Waals surface area (Å²) in [5, 5.41) is 7.89. The summed E-state index contributed by atoms with van der Waals surface area (Å²) in [5.41, 5.74) is 0. The van der Waals surface area contributed by atoms with E-state index in [1.807, 2.05) is 17.5 Å². The molecule has 0 bridgehead atoms. The SMILES string of the molecule is CS(=O)(=O)C1(C(=O)NCCc2cccs2)CCNCC1.Cl. The molecule has 0 radical (unpaired) electrons. The zero-order chi connectivity index (χ0) is 14.6. The van der Waals surface area contributed by atoms with Crippen molar-refractivity contribution < 1.29 is 13.2 Å². The molecule has 0 atom stereocenters. The maximum Gasteiger partial charge on any atom is 0.241 e. The van der Waals surface area contributed by atoms with E-state index in [2.05, 4.69) is 10.6 Å². The minimum atomic E-state index is -3.42. The topological polar surface area (TPSA) is 75.3 Å². The minimum Gasteiger partial charge on any atom is -0.354 e. The Kier molecular flexibility index (Phi) is 6.65. The van der Waals surface area contributed by atoms with Crippen molar-refractivity contribution in [3.8, 4) is 0 Å². The van der Waals surface area contributed by atoms with Crippen molar-refractivity contribution in [2.24, 2.45) is 0 Å². The Morgan fingerprint density at radius 2 is 2.10 bits per heavy atom. The van der Waals surface area contributed by atoms with E-state index in [1.54, 1.807) is 11.3 Å². The normalized spacial score (nSPS) is 17.8. The number of amides is 1. The van der Waals surface area contributed by atoms with Crippen LogP contribution in [-0.4, -0.2) is 45.0 Å². The third kappa shape index (κ3) is 4.18. The van der Waals surface area contributed by atoms with Crippen molar-refractivity contribution in [3.63, 3.8) is 0 Å². The predicted octanol–water partition coefficient (Wildman–Crippen LogP) is 0.995. The first-order valence-electron chi connectivity index (χ1n) is 6.67. The highest BCUT2D eigenvalue weighted by Crippen LogP contribution is 2.27. The van der Waals surface area contributed by atoms with E-state index in [0.29, 0.717) is 32.5 Å². The molecule has 1 aromatic heterocycles. The van der Waals surface area contributed by atoms with Crippen molar-refractivity contribution in [3.05, 3.63) is 22.4 Å². The molecule has 2 heterocycles. The maximum atomic E-state index is 12.4. The van der Waals surface area contributed by atoms with Gasteiger partial charge in [-0.05, 0) is 43.8 Å². The Hall–Kier alpha value is -0.630. The number of rotatable bonds is 5. The van der Waals surface area contributed by atoms with Gasteiger partial charge in [0.1, 0.15) is 0 Å². The van der Waals surface area contributed by atoms with Gasteiger partial charge in [-0.2, -0.15) is 0 Å². The number of piperidine rings is 1. The number of hydrogen-bond donors (Lipinski definition) is 2. The summed E-state index contributed by atoms with van der Waals surface area (Å²) in [4.78, 5) is 13.6. The monoisotopic (exact) mass is 352 g/mol. The van der Waals surface area contributed by atoms with Gasteiger partial charge in [0, 0.05) is 17.7 Å². The molecule has 1 aromatic rings. The highest BCUT2D eigenvalue weighted by molar-refractivity contribution is 7.92. The molecule has 1 fully saturated rings. The van der Waals surface area contributed by atoms with Crippen LogP contribution in [-0.2, 0) is 21.1 Å². The molecule has 1 aliphatic heterocycles. The van der Waals surface area contributed by atoms with Crippen LogP contribution in [0.4, 0.5) is 0 Å². The third-order valence-electron chi connectivity index (χ3n) is 3.77. The van der Waals surface area contributed by atoms with E-state index in [4.69, 9.17) is 0 Å². The molecule has 1 saturated heterocycles. The quantitative estimate of drug-likeness (QED) is 0.828. The van der Waals surface area contributed by atoms with Gasteiger partial charge in [0.2, 0.25) is 5.91 Å². The maximum absolute atomic E-state index is 12.4. The summed E-state index contributed by atoms with van der Waals surface area (Å²) in [7, 11) is -3.42. The number of halogens is 1. The fourth-order valence-corrected chi connectivity index (χ4v) is 4.58. The standard InChI is InChI=1S/C13H20N2O3S2.ClH/c1-20(17,18)13(5-8-14-9-6-13)12(16)15-7-4-11-3-2-10-19-11;/h2-3,10,14H,4-9H2,1H3,(H,15,16);1H. The van der Waals surface area contributed by atoms with E-state index in [9.17, 15) is 13.2 Å². The van der Waals surface area contributed by atoms with Crippen LogP contribution in [0.15, 0.2) is 17.5 Å². The van der Waals surface area contributed by atoms with Crippen molar-refractivity contribution in [1.29, 1.82) is 0 Å². The zero-order valence-electron chi connectivity index (χ0n) is 11.9. The third-order valence-corrected chi connectivity index (χ3v) is 6.72.